The first-order valence-electron chi connectivity index (χ1n) is 7.61. The monoisotopic (exact) mass is 288 g/mol. The summed E-state index contributed by atoms with van der Waals surface area (Å²) in [5.41, 5.74) is 1.01. The quantitative estimate of drug-likeness (QED) is 0.861. The van der Waals surface area contributed by atoms with E-state index in [1.165, 1.54) is 5.56 Å². The molecule has 1 unspecified atom stereocenters. The van der Waals surface area contributed by atoms with Gasteiger partial charge in [-0.3, -0.25) is 9.69 Å². The lowest BCUT2D eigenvalue weighted by atomic mass is 9.67. The zero-order valence-electron chi connectivity index (χ0n) is 13.1. The largest absolute Gasteiger partial charge is 0.459 e. The number of hydrogen-bond donors (Lipinski definition) is 1. The Balaban J connectivity index is 1.53. The Labute approximate surface area is 126 Å². The van der Waals surface area contributed by atoms with Crippen LogP contribution in [-0.2, 0) is 16.1 Å². The second-order valence-corrected chi connectivity index (χ2v) is 7.34. The van der Waals surface area contributed by atoms with Crippen molar-refractivity contribution in [3.05, 3.63) is 35.9 Å². The van der Waals surface area contributed by atoms with E-state index in [1.54, 1.807) is 0 Å². The predicted octanol–water partition coefficient (Wildman–Crippen LogP) is 1.80. The van der Waals surface area contributed by atoms with Gasteiger partial charge in [0.15, 0.2) is 0 Å². The fraction of sp³-hybridized carbons (Fsp3) is 0.588. The van der Waals surface area contributed by atoms with Crippen molar-refractivity contribution in [1.29, 1.82) is 0 Å². The van der Waals surface area contributed by atoms with Crippen molar-refractivity contribution >= 4 is 5.97 Å². The molecule has 21 heavy (non-hydrogen) atoms. The summed E-state index contributed by atoms with van der Waals surface area (Å²) < 4.78 is 5.51. The number of carbonyl (C=O) groups is 1. The van der Waals surface area contributed by atoms with Crippen LogP contribution in [0.3, 0.4) is 0 Å². The van der Waals surface area contributed by atoms with E-state index in [9.17, 15) is 4.79 Å². The molecule has 2 saturated heterocycles. The zero-order chi connectivity index (χ0) is 15.1. The molecule has 4 nitrogen and oxygen atoms in total. The van der Waals surface area contributed by atoms with E-state index in [0.29, 0.717) is 0 Å². The first-order chi connectivity index (χ1) is 9.88. The van der Waals surface area contributed by atoms with Crippen molar-refractivity contribution in [2.45, 2.75) is 39.0 Å². The molecule has 2 heterocycles. The third-order valence-electron chi connectivity index (χ3n) is 4.24. The topological polar surface area (TPSA) is 41.6 Å². The minimum Gasteiger partial charge on any atom is -0.459 e. The highest BCUT2D eigenvalue weighted by molar-refractivity contribution is 5.79. The molecule has 2 aliphatic rings. The van der Waals surface area contributed by atoms with Gasteiger partial charge in [-0.2, -0.15) is 0 Å². The van der Waals surface area contributed by atoms with Crippen LogP contribution in [0, 0.1) is 5.41 Å². The minimum absolute atomic E-state index is 0.0944. The maximum Gasteiger partial charge on any atom is 0.324 e. The maximum absolute atomic E-state index is 12.2. The van der Waals surface area contributed by atoms with Crippen molar-refractivity contribution in [1.82, 2.24) is 10.2 Å². The lowest BCUT2D eigenvalue weighted by Gasteiger charge is -2.60. The summed E-state index contributed by atoms with van der Waals surface area (Å²) >= 11 is 0. The first kappa shape index (κ1) is 14.5. The van der Waals surface area contributed by atoms with Gasteiger partial charge < -0.3 is 10.1 Å². The van der Waals surface area contributed by atoms with Gasteiger partial charge in [-0.25, -0.2) is 0 Å². The average molecular weight is 288 g/mol. The molecule has 1 atom stereocenters. The van der Waals surface area contributed by atoms with Gasteiger partial charge in [0.2, 0.25) is 0 Å². The SMILES string of the molecule is CC(C)(C)OC(=O)C1NCC12CN(Cc1ccccc1)C2. The Kier molecular flexibility index (Phi) is 3.54. The molecule has 1 N–H and O–H groups in total. The average Bonchev–Trinajstić information content (AvgIpc) is 2.30. The first-order valence-corrected chi connectivity index (χ1v) is 7.61. The lowest BCUT2D eigenvalue weighted by molar-refractivity contribution is -0.176. The zero-order valence-corrected chi connectivity index (χ0v) is 13.1. The number of esters is 1. The number of benzene rings is 1. The molecule has 0 amide bonds. The molecule has 1 aromatic rings. The summed E-state index contributed by atoms with van der Waals surface area (Å²) in [7, 11) is 0. The van der Waals surface area contributed by atoms with Crippen molar-refractivity contribution < 1.29 is 9.53 Å². The molecule has 3 rings (SSSR count). The van der Waals surface area contributed by atoms with Crippen molar-refractivity contribution in [2.75, 3.05) is 19.6 Å². The second-order valence-electron chi connectivity index (χ2n) is 7.34. The number of ether oxygens (including phenoxy) is 1. The van der Waals surface area contributed by atoms with Crippen LogP contribution >= 0.6 is 0 Å². The van der Waals surface area contributed by atoms with Gasteiger partial charge in [0.05, 0.1) is 0 Å². The number of carbonyl (C=O) groups excluding carboxylic acids is 1. The highest BCUT2D eigenvalue weighted by atomic mass is 16.6. The number of nitrogens with zero attached hydrogens (tertiary/aromatic N) is 1. The van der Waals surface area contributed by atoms with E-state index in [-0.39, 0.29) is 17.4 Å². The Hall–Kier alpha value is -1.39. The number of nitrogens with one attached hydrogen (secondary N) is 1. The van der Waals surface area contributed by atoms with Gasteiger partial charge >= 0.3 is 5.97 Å². The normalized spacial score (nSPS) is 24.2. The summed E-state index contributed by atoms with van der Waals surface area (Å²) in [5.74, 6) is -0.104. The molecule has 114 valence electrons. The molecule has 0 bridgehead atoms. The molecule has 0 saturated carbocycles. The van der Waals surface area contributed by atoms with Crippen LogP contribution in [0.2, 0.25) is 0 Å². The fourth-order valence-electron chi connectivity index (χ4n) is 3.28. The summed E-state index contributed by atoms with van der Waals surface area (Å²) in [6.45, 7) is 9.57. The third kappa shape index (κ3) is 2.97. The third-order valence-corrected chi connectivity index (χ3v) is 4.24. The summed E-state index contributed by atoms with van der Waals surface area (Å²) in [6.07, 6.45) is 0. The number of likely N-dealkylation sites (tertiary alicyclic amines) is 1. The molecule has 1 aromatic carbocycles. The van der Waals surface area contributed by atoms with Gasteiger partial charge in [0.25, 0.3) is 0 Å². The molecule has 2 fully saturated rings. The maximum atomic E-state index is 12.2. The van der Waals surface area contributed by atoms with Gasteiger partial charge in [0.1, 0.15) is 11.6 Å². The molecular weight excluding hydrogens is 264 g/mol. The van der Waals surface area contributed by atoms with Crippen molar-refractivity contribution in [3.8, 4) is 0 Å². The molecular formula is C17H24N2O2. The van der Waals surface area contributed by atoms with Crippen LogP contribution in [0.5, 0.6) is 0 Å². The molecule has 0 aromatic heterocycles. The standard InChI is InChI=1S/C17H24N2O2/c1-16(2,3)21-15(20)14-17(10-18-14)11-19(12-17)9-13-7-5-4-6-8-13/h4-8,14,18H,9-12H2,1-3H3. The molecule has 0 aliphatic carbocycles. The van der Waals surface area contributed by atoms with E-state index in [1.807, 2.05) is 26.8 Å². The minimum atomic E-state index is -0.414. The second kappa shape index (κ2) is 5.11. The Morgan fingerprint density at radius 1 is 1.33 bits per heavy atom. The van der Waals surface area contributed by atoms with Gasteiger partial charge in [0, 0.05) is 31.6 Å². The summed E-state index contributed by atoms with van der Waals surface area (Å²) in [5, 5.41) is 3.24. The molecule has 1 spiro atoms. The predicted molar refractivity (Wildman–Crippen MR) is 81.8 cm³/mol. The summed E-state index contributed by atoms with van der Waals surface area (Å²) in [6, 6.07) is 10.3. The van der Waals surface area contributed by atoms with Crippen LogP contribution < -0.4 is 5.32 Å². The van der Waals surface area contributed by atoms with Gasteiger partial charge in [-0.1, -0.05) is 30.3 Å². The van der Waals surface area contributed by atoms with Crippen LogP contribution in [0.25, 0.3) is 0 Å². The smallest absolute Gasteiger partial charge is 0.324 e. The van der Waals surface area contributed by atoms with Crippen LogP contribution in [0.1, 0.15) is 26.3 Å². The fourth-order valence-corrected chi connectivity index (χ4v) is 3.28. The van der Waals surface area contributed by atoms with Gasteiger partial charge in [-0.15, -0.1) is 0 Å². The van der Waals surface area contributed by atoms with Crippen molar-refractivity contribution in [2.24, 2.45) is 5.41 Å². The van der Waals surface area contributed by atoms with Crippen molar-refractivity contribution in [3.63, 3.8) is 0 Å². The van der Waals surface area contributed by atoms with E-state index < -0.39 is 5.60 Å². The lowest BCUT2D eigenvalue weighted by Crippen LogP contribution is -2.78. The highest BCUT2D eigenvalue weighted by Gasteiger charge is 2.58. The van der Waals surface area contributed by atoms with Crippen LogP contribution in [-0.4, -0.2) is 42.1 Å². The Morgan fingerprint density at radius 2 is 2.00 bits per heavy atom. The number of hydrogen-bond acceptors (Lipinski definition) is 4. The molecule has 2 aliphatic heterocycles. The van der Waals surface area contributed by atoms with Gasteiger partial charge in [-0.05, 0) is 26.3 Å². The van der Waals surface area contributed by atoms with E-state index in [2.05, 4.69) is 34.5 Å². The van der Waals surface area contributed by atoms with E-state index >= 15 is 0 Å². The highest BCUT2D eigenvalue weighted by Crippen LogP contribution is 2.41. The molecule has 0 radical (unpaired) electrons. The van der Waals surface area contributed by atoms with E-state index in [0.717, 1.165) is 26.2 Å². The Morgan fingerprint density at radius 3 is 2.52 bits per heavy atom. The molecule has 4 heteroatoms. The Bertz CT molecular complexity index is 515. The van der Waals surface area contributed by atoms with Crippen LogP contribution in [0.15, 0.2) is 30.3 Å². The number of rotatable bonds is 3. The van der Waals surface area contributed by atoms with E-state index in [4.69, 9.17) is 4.74 Å². The summed E-state index contributed by atoms with van der Waals surface area (Å²) in [4.78, 5) is 14.6. The van der Waals surface area contributed by atoms with Crippen LogP contribution in [0.4, 0.5) is 0 Å².